The standard InChI is InChI=1S/C19H29NO/c1-18(2)9-11-19(21,12-10-18)14-20-13-15-3-5-16(6-4-15)17-7-8-17/h3-6,17,20-21H,7-14H2,1-2H3. The van der Waals surface area contributed by atoms with E-state index in [2.05, 4.69) is 43.4 Å². The molecule has 2 fully saturated rings. The molecule has 21 heavy (non-hydrogen) atoms. The molecule has 0 saturated heterocycles. The molecule has 2 N–H and O–H groups in total. The third-order valence-corrected chi connectivity index (χ3v) is 5.35. The zero-order valence-electron chi connectivity index (χ0n) is 13.5. The maximum absolute atomic E-state index is 10.6. The van der Waals surface area contributed by atoms with Gasteiger partial charge in [0.1, 0.15) is 0 Å². The van der Waals surface area contributed by atoms with Crippen molar-refractivity contribution in [3.63, 3.8) is 0 Å². The molecule has 1 aromatic carbocycles. The smallest absolute Gasteiger partial charge is 0.0772 e. The minimum atomic E-state index is -0.497. The zero-order chi connectivity index (χ0) is 14.9. The van der Waals surface area contributed by atoms with Crippen LogP contribution in [0, 0.1) is 5.41 Å². The van der Waals surface area contributed by atoms with Crippen molar-refractivity contribution in [2.24, 2.45) is 5.41 Å². The first-order valence-electron chi connectivity index (χ1n) is 8.48. The molecular formula is C19H29NO. The van der Waals surface area contributed by atoms with Gasteiger partial charge in [0.2, 0.25) is 0 Å². The Morgan fingerprint density at radius 3 is 2.24 bits per heavy atom. The molecule has 0 radical (unpaired) electrons. The number of aliphatic hydroxyl groups is 1. The van der Waals surface area contributed by atoms with Gasteiger partial charge in [-0.1, -0.05) is 38.1 Å². The highest BCUT2D eigenvalue weighted by molar-refractivity contribution is 5.27. The fourth-order valence-corrected chi connectivity index (χ4v) is 3.33. The molecule has 2 aliphatic rings. The van der Waals surface area contributed by atoms with Crippen LogP contribution in [0.4, 0.5) is 0 Å². The van der Waals surface area contributed by atoms with Crippen LogP contribution in [0.3, 0.4) is 0 Å². The van der Waals surface area contributed by atoms with E-state index in [1.54, 1.807) is 0 Å². The van der Waals surface area contributed by atoms with Crippen molar-refractivity contribution in [1.29, 1.82) is 0 Å². The molecule has 0 aliphatic heterocycles. The molecule has 1 aromatic rings. The van der Waals surface area contributed by atoms with Crippen LogP contribution in [0.2, 0.25) is 0 Å². The lowest BCUT2D eigenvalue weighted by molar-refractivity contribution is -0.0245. The number of rotatable bonds is 5. The summed E-state index contributed by atoms with van der Waals surface area (Å²) in [5.41, 5.74) is 2.72. The molecule has 2 saturated carbocycles. The van der Waals surface area contributed by atoms with Crippen LogP contribution >= 0.6 is 0 Å². The Morgan fingerprint density at radius 1 is 1.05 bits per heavy atom. The van der Waals surface area contributed by atoms with Crippen molar-refractivity contribution >= 4 is 0 Å². The van der Waals surface area contributed by atoms with Crippen LogP contribution in [-0.4, -0.2) is 17.3 Å². The van der Waals surface area contributed by atoms with E-state index in [0.717, 1.165) is 38.1 Å². The molecule has 0 bridgehead atoms. The molecular weight excluding hydrogens is 258 g/mol. The van der Waals surface area contributed by atoms with Crippen LogP contribution in [-0.2, 0) is 6.54 Å². The van der Waals surface area contributed by atoms with Gasteiger partial charge in [0.25, 0.3) is 0 Å². The fourth-order valence-electron chi connectivity index (χ4n) is 3.33. The predicted molar refractivity (Wildman–Crippen MR) is 87.3 cm³/mol. The van der Waals surface area contributed by atoms with E-state index in [9.17, 15) is 5.11 Å². The first kappa shape index (κ1) is 15.1. The SMILES string of the molecule is CC1(C)CCC(O)(CNCc2ccc(C3CC3)cc2)CC1. The monoisotopic (exact) mass is 287 g/mol. The second kappa shape index (κ2) is 5.73. The highest BCUT2D eigenvalue weighted by Crippen LogP contribution is 2.40. The van der Waals surface area contributed by atoms with E-state index in [1.807, 2.05) is 0 Å². The van der Waals surface area contributed by atoms with Crippen LogP contribution in [0.25, 0.3) is 0 Å². The molecule has 0 amide bonds. The number of hydrogen-bond acceptors (Lipinski definition) is 2. The summed E-state index contributed by atoms with van der Waals surface area (Å²) in [6, 6.07) is 9.00. The minimum absolute atomic E-state index is 0.408. The third kappa shape index (κ3) is 4.08. The third-order valence-electron chi connectivity index (χ3n) is 5.35. The van der Waals surface area contributed by atoms with Gasteiger partial charge in [-0.3, -0.25) is 0 Å². The van der Waals surface area contributed by atoms with E-state index < -0.39 is 5.60 Å². The van der Waals surface area contributed by atoms with E-state index in [-0.39, 0.29) is 0 Å². The largest absolute Gasteiger partial charge is 0.389 e. The van der Waals surface area contributed by atoms with Gasteiger partial charge in [-0.2, -0.15) is 0 Å². The molecule has 2 heteroatoms. The normalized spacial score (nSPS) is 24.0. The van der Waals surface area contributed by atoms with E-state index in [4.69, 9.17) is 0 Å². The molecule has 0 unspecified atom stereocenters. The van der Waals surface area contributed by atoms with E-state index >= 15 is 0 Å². The number of benzene rings is 1. The van der Waals surface area contributed by atoms with Gasteiger partial charge in [-0.05, 0) is 61.0 Å². The first-order chi connectivity index (χ1) is 9.96. The highest BCUT2D eigenvalue weighted by Gasteiger charge is 2.36. The lowest BCUT2D eigenvalue weighted by Crippen LogP contribution is -2.44. The average molecular weight is 287 g/mol. The minimum Gasteiger partial charge on any atom is -0.389 e. The van der Waals surface area contributed by atoms with Crippen molar-refractivity contribution < 1.29 is 5.11 Å². The van der Waals surface area contributed by atoms with Crippen molar-refractivity contribution in [2.75, 3.05) is 6.54 Å². The Labute approximate surface area is 129 Å². The first-order valence-corrected chi connectivity index (χ1v) is 8.48. The summed E-state index contributed by atoms with van der Waals surface area (Å²) in [6.45, 7) is 6.19. The zero-order valence-corrected chi connectivity index (χ0v) is 13.5. The predicted octanol–water partition coefficient (Wildman–Crippen LogP) is 3.98. The molecule has 0 heterocycles. The van der Waals surface area contributed by atoms with Crippen LogP contribution in [0.1, 0.15) is 69.4 Å². The summed E-state index contributed by atoms with van der Waals surface area (Å²) < 4.78 is 0. The summed E-state index contributed by atoms with van der Waals surface area (Å²) in [4.78, 5) is 0. The van der Waals surface area contributed by atoms with Gasteiger partial charge in [0, 0.05) is 13.1 Å². The quantitative estimate of drug-likeness (QED) is 0.858. The Hall–Kier alpha value is -0.860. The van der Waals surface area contributed by atoms with Gasteiger partial charge in [-0.25, -0.2) is 0 Å². The van der Waals surface area contributed by atoms with Crippen molar-refractivity contribution in [1.82, 2.24) is 5.32 Å². The second-order valence-corrected chi connectivity index (χ2v) is 8.01. The molecule has 0 atom stereocenters. The molecule has 2 aliphatic carbocycles. The lowest BCUT2D eigenvalue weighted by atomic mass is 9.71. The maximum Gasteiger partial charge on any atom is 0.0772 e. The summed E-state index contributed by atoms with van der Waals surface area (Å²) in [5.74, 6) is 0.832. The maximum atomic E-state index is 10.6. The van der Waals surface area contributed by atoms with Crippen molar-refractivity contribution in [3.8, 4) is 0 Å². The van der Waals surface area contributed by atoms with E-state index in [0.29, 0.717) is 12.0 Å². The molecule has 116 valence electrons. The molecule has 0 spiro atoms. The van der Waals surface area contributed by atoms with Gasteiger partial charge in [0.05, 0.1) is 5.60 Å². The van der Waals surface area contributed by atoms with Crippen LogP contribution in [0.15, 0.2) is 24.3 Å². The fraction of sp³-hybridized carbons (Fsp3) is 0.684. The summed E-state index contributed by atoms with van der Waals surface area (Å²) in [6.07, 6.45) is 6.83. The second-order valence-electron chi connectivity index (χ2n) is 8.01. The molecule has 2 nitrogen and oxygen atoms in total. The summed E-state index contributed by atoms with van der Waals surface area (Å²) in [7, 11) is 0. The molecule has 0 aromatic heterocycles. The summed E-state index contributed by atoms with van der Waals surface area (Å²) >= 11 is 0. The van der Waals surface area contributed by atoms with Crippen LogP contribution in [0.5, 0.6) is 0 Å². The van der Waals surface area contributed by atoms with E-state index in [1.165, 1.54) is 24.0 Å². The van der Waals surface area contributed by atoms with Crippen molar-refractivity contribution in [3.05, 3.63) is 35.4 Å². The Bertz CT molecular complexity index is 463. The lowest BCUT2D eigenvalue weighted by Gasteiger charge is -2.40. The van der Waals surface area contributed by atoms with Gasteiger partial charge in [0.15, 0.2) is 0 Å². The Kier molecular flexibility index (Phi) is 4.11. The Balaban J connectivity index is 1.45. The highest BCUT2D eigenvalue weighted by atomic mass is 16.3. The average Bonchev–Trinajstić information content (AvgIpc) is 3.28. The van der Waals surface area contributed by atoms with Gasteiger partial charge < -0.3 is 10.4 Å². The molecule has 3 rings (SSSR count). The summed E-state index contributed by atoms with van der Waals surface area (Å²) in [5, 5.41) is 14.1. The van der Waals surface area contributed by atoms with Crippen molar-refractivity contribution in [2.45, 2.75) is 70.4 Å². The topological polar surface area (TPSA) is 32.3 Å². The van der Waals surface area contributed by atoms with Gasteiger partial charge >= 0.3 is 0 Å². The number of hydrogen-bond donors (Lipinski definition) is 2. The van der Waals surface area contributed by atoms with Crippen LogP contribution < -0.4 is 5.32 Å². The van der Waals surface area contributed by atoms with Gasteiger partial charge in [-0.15, -0.1) is 0 Å². The number of nitrogens with one attached hydrogen (secondary N) is 1. The Morgan fingerprint density at radius 2 is 1.67 bits per heavy atom.